The molecule has 1 atom stereocenters. The summed E-state index contributed by atoms with van der Waals surface area (Å²) in [5, 5.41) is 23.9. The van der Waals surface area contributed by atoms with Crippen LogP contribution in [0.2, 0.25) is 5.02 Å². The van der Waals surface area contributed by atoms with Crippen LogP contribution in [-0.4, -0.2) is 34.0 Å². The first-order valence-corrected chi connectivity index (χ1v) is 12.8. The summed E-state index contributed by atoms with van der Waals surface area (Å²) < 4.78 is 0. The number of nitrogens with one attached hydrogen (secondary N) is 2. The fraction of sp³-hybridized carbons (Fsp3) is 0.0345. The average Bonchev–Trinajstić information content (AvgIpc) is 2.93. The number of aromatic carboxylic acids is 2. The molecule has 0 radical (unpaired) electrons. The molecule has 10 heteroatoms. The normalized spacial score (nSPS) is 11.3. The zero-order chi connectivity index (χ0) is 27.9. The Kier molecular flexibility index (Phi) is 8.65. The van der Waals surface area contributed by atoms with E-state index in [-0.39, 0.29) is 17.0 Å². The maximum Gasteiger partial charge on any atom is 0.336 e. The second-order valence-corrected chi connectivity index (χ2v) is 9.82. The number of rotatable bonds is 9. The number of hydrogen-bond acceptors (Lipinski definition) is 5. The van der Waals surface area contributed by atoms with Gasteiger partial charge in [0.05, 0.1) is 27.4 Å². The minimum Gasteiger partial charge on any atom is -0.478 e. The number of carbonyl (C=O) groups is 4. The van der Waals surface area contributed by atoms with E-state index in [1.54, 1.807) is 48.5 Å². The Labute approximate surface area is 232 Å². The van der Waals surface area contributed by atoms with Gasteiger partial charge in [0.1, 0.15) is 5.25 Å². The summed E-state index contributed by atoms with van der Waals surface area (Å²) >= 11 is 7.49. The predicted octanol–water partition coefficient (Wildman–Crippen LogP) is 6.46. The number of carboxylic acid groups (broad SMARTS) is 2. The zero-order valence-electron chi connectivity index (χ0n) is 20.1. The molecule has 8 nitrogen and oxygen atoms in total. The van der Waals surface area contributed by atoms with E-state index in [4.69, 9.17) is 16.7 Å². The van der Waals surface area contributed by atoms with Crippen molar-refractivity contribution in [2.24, 2.45) is 0 Å². The van der Waals surface area contributed by atoms with Gasteiger partial charge < -0.3 is 20.8 Å². The van der Waals surface area contributed by atoms with Crippen LogP contribution in [0.15, 0.2) is 102 Å². The van der Waals surface area contributed by atoms with Crippen molar-refractivity contribution in [2.75, 3.05) is 10.6 Å². The van der Waals surface area contributed by atoms with E-state index in [9.17, 15) is 24.3 Å². The number of carbonyl (C=O) groups excluding carboxylic acids is 2. The third-order valence-corrected chi connectivity index (χ3v) is 7.14. The quantitative estimate of drug-likeness (QED) is 0.173. The topological polar surface area (TPSA) is 133 Å². The zero-order valence-corrected chi connectivity index (χ0v) is 21.7. The van der Waals surface area contributed by atoms with Crippen LogP contribution in [-0.2, 0) is 4.79 Å². The van der Waals surface area contributed by atoms with Crippen LogP contribution < -0.4 is 10.6 Å². The molecule has 0 saturated carbocycles. The van der Waals surface area contributed by atoms with Crippen molar-refractivity contribution in [3.63, 3.8) is 0 Å². The monoisotopic (exact) mass is 560 g/mol. The number of anilines is 2. The number of hydrogen-bond donors (Lipinski definition) is 4. The molecule has 39 heavy (non-hydrogen) atoms. The molecule has 0 spiro atoms. The van der Waals surface area contributed by atoms with Gasteiger partial charge in [-0.15, -0.1) is 11.8 Å². The van der Waals surface area contributed by atoms with Gasteiger partial charge in [-0.25, -0.2) is 9.59 Å². The lowest BCUT2D eigenvalue weighted by Gasteiger charge is -2.18. The van der Waals surface area contributed by atoms with Crippen LogP contribution in [0.25, 0.3) is 0 Å². The van der Waals surface area contributed by atoms with Gasteiger partial charge >= 0.3 is 11.9 Å². The molecule has 0 aliphatic heterocycles. The molecule has 0 bridgehead atoms. The number of halogens is 1. The van der Waals surface area contributed by atoms with Crippen LogP contribution >= 0.6 is 23.4 Å². The number of para-hydroxylation sites is 1. The fourth-order valence-corrected chi connectivity index (χ4v) is 4.96. The Morgan fingerprint density at radius 3 is 2.13 bits per heavy atom. The molecule has 1 unspecified atom stereocenters. The molecule has 4 rings (SSSR count). The van der Waals surface area contributed by atoms with Gasteiger partial charge in [-0.1, -0.05) is 60.1 Å². The second kappa shape index (κ2) is 12.3. The highest BCUT2D eigenvalue weighted by Crippen LogP contribution is 2.37. The van der Waals surface area contributed by atoms with Crippen molar-refractivity contribution in [3.05, 3.63) is 124 Å². The molecule has 0 fully saturated rings. The third-order valence-electron chi connectivity index (χ3n) is 5.56. The highest BCUT2D eigenvalue weighted by molar-refractivity contribution is 8.00. The molecular weight excluding hydrogens is 540 g/mol. The fourth-order valence-electron chi connectivity index (χ4n) is 3.70. The van der Waals surface area contributed by atoms with E-state index in [0.29, 0.717) is 21.3 Å². The van der Waals surface area contributed by atoms with Crippen LogP contribution in [0.5, 0.6) is 0 Å². The van der Waals surface area contributed by atoms with Gasteiger partial charge in [-0.2, -0.15) is 0 Å². The first-order valence-electron chi connectivity index (χ1n) is 11.5. The SMILES string of the molecule is O=C(O)c1ccc(C(=O)Nc2cccc(SC(C(=O)Nc3ccccc3Cl)c3ccccc3)c2)c(C(=O)O)c1. The first kappa shape index (κ1) is 27.4. The van der Waals surface area contributed by atoms with E-state index in [1.807, 2.05) is 30.3 Å². The predicted molar refractivity (Wildman–Crippen MR) is 150 cm³/mol. The van der Waals surface area contributed by atoms with Gasteiger partial charge in [0.15, 0.2) is 0 Å². The van der Waals surface area contributed by atoms with E-state index in [2.05, 4.69) is 10.6 Å². The summed E-state index contributed by atoms with van der Waals surface area (Å²) in [6.07, 6.45) is 0. The lowest BCUT2D eigenvalue weighted by Crippen LogP contribution is -2.19. The van der Waals surface area contributed by atoms with Crippen molar-refractivity contribution in [3.8, 4) is 0 Å². The van der Waals surface area contributed by atoms with Crippen molar-refractivity contribution in [1.82, 2.24) is 0 Å². The molecule has 0 saturated heterocycles. The first-order chi connectivity index (χ1) is 18.7. The van der Waals surface area contributed by atoms with Crippen LogP contribution in [0.1, 0.15) is 41.9 Å². The van der Waals surface area contributed by atoms with Crippen molar-refractivity contribution in [2.45, 2.75) is 10.1 Å². The molecule has 0 aromatic heterocycles. The minimum absolute atomic E-state index is 0.188. The lowest BCUT2D eigenvalue weighted by molar-refractivity contribution is -0.115. The maximum atomic E-state index is 13.3. The standard InChI is InChI=1S/C29H21ClN2O6S/c30-23-11-4-5-12-24(23)32-27(34)25(17-7-2-1-3-8-17)39-20-10-6-9-19(16-20)31-26(33)21-14-13-18(28(35)36)15-22(21)29(37)38/h1-16,25H,(H,31,33)(H,32,34)(H,35,36)(H,37,38). The van der Waals surface area contributed by atoms with Gasteiger partial charge in [0, 0.05) is 10.6 Å². The van der Waals surface area contributed by atoms with Crippen molar-refractivity contribution in [1.29, 1.82) is 0 Å². The molecule has 4 aromatic rings. The Hall–Kier alpha value is -4.60. The smallest absolute Gasteiger partial charge is 0.336 e. The summed E-state index contributed by atoms with van der Waals surface area (Å²) in [7, 11) is 0. The van der Waals surface area contributed by atoms with E-state index in [1.165, 1.54) is 11.8 Å². The summed E-state index contributed by atoms with van der Waals surface area (Å²) in [5.74, 6) is -3.75. The van der Waals surface area contributed by atoms with Gasteiger partial charge in [0.25, 0.3) is 5.91 Å². The Balaban J connectivity index is 1.57. The van der Waals surface area contributed by atoms with Crippen LogP contribution in [0, 0.1) is 0 Å². The summed E-state index contributed by atoms with van der Waals surface area (Å²) in [5.41, 5.74) is 0.734. The van der Waals surface area contributed by atoms with Crippen molar-refractivity contribution < 1.29 is 29.4 Å². The summed E-state index contributed by atoms with van der Waals surface area (Å²) in [4.78, 5) is 49.8. The van der Waals surface area contributed by atoms with Gasteiger partial charge in [0.2, 0.25) is 5.91 Å². The van der Waals surface area contributed by atoms with Gasteiger partial charge in [-0.05, 0) is 54.1 Å². The molecule has 0 aliphatic rings. The number of benzene rings is 4. The third kappa shape index (κ3) is 6.84. The molecule has 2 amide bonds. The molecule has 4 aromatic carbocycles. The largest absolute Gasteiger partial charge is 0.478 e. The Morgan fingerprint density at radius 2 is 1.44 bits per heavy atom. The maximum absolute atomic E-state index is 13.3. The number of amides is 2. The van der Waals surface area contributed by atoms with Gasteiger partial charge in [-0.3, -0.25) is 9.59 Å². The molecule has 0 heterocycles. The number of thioether (sulfide) groups is 1. The van der Waals surface area contributed by atoms with Crippen molar-refractivity contribution >= 4 is 58.5 Å². The minimum atomic E-state index is -1.43. The number of carboxylic acids is 2. The highest BCUT2D eigenvalue weighted by atomic mass is 35.5. The van der Waals surface area contributed by atoms with E-state index < -0.39 is 28.7 Å². The van der Waals surface area contributed by atoms with E-state index in [0.717, 1.165) is 23.8 Å². The molecule has 0 aliphatic carbocycles. The second-order valence-electron chi connectivity index (χ2n) is 8.23. The van der Waals surface area contributed by atoms with Crippen LogP contribution in [0.4, 0.5) is 11.4 Å². The molecule has 196 valence electrons. The Bertz CT molecular complexity index is 1560. The van der Waals surface area contributed by atoms with Crippen LogP contribution in [0.3, 0.4) is 0 Å². The average molecular weight is 561 g/mol. The molecular formula is C29H21ClN2O6S. The summed E-state index contributed by atoms with van der Waals surface area (Å²) in [6.45, 7) is 0. The summed E-state index contributed by atoms with van der Waals surface area (Å²) in [6, 6.07) is 26.1. The lowest BCUT2D eigenvalue weighted by atomic mass is 10.0. The Morgan fingerprint density at radius 1 is 0.718 bits per heavy atom. The van der Waals surface area contributed by atoms with E-state index >= 15 is 0 Å². The molecule has 4 N–H and O–H groups in total. The highest BCUT2D eigenvalue weighted by Gasteiger charge is 2.24.